The van der Waals surface area contributed by atoms with Crippen LogP contribution in [0.4, 0.5) is 11.4 Å². The van der Waals surface area contributed by atoms with E-state index in [1.165, 1.54) is 11.9 Å². The van der Waals surface area contributed by atoms with Crippen molar-refractivity contribution in [3.63, 3.8) is 0 Å². The van der Waals surface area contributed by atoms with Crippen LogP contribution in [0.2, 0.25) is 0 Å². The van der Waals surface area contributed by atoms with Crippen molar-refractivity contribution in [2.24, 2.45) is 4.99 Å². The fraction of sp³-hybridized carbons (Fsp3) is 0.0714. The summed E-state index contributed by atoms with van der Waals surface area (Å²) in [4.78, 5) is 5.61. The van der Waals surface area contributed by atoms with Crippen molar-refractivity contribution in [2.75, 3.05) is 12.4 Å². The molecule has 0 atom stereocenters. The average molecular weight is 271 g/mol. The monoisotopic (exact) mass is 271 g/mol. The lowest BCUT2D eigenvalue weighted by Gasteiger charge is -2.19. The van der Waals surface area contributed by atoms with E-state index >= 15 is 0 Å². The fourth-order valence-corrected chi connectivity index (χ4v) is 2.50. The molecule has 0 fully saturated rings. The molecule has 0 unspecified atom stereocenters. The molecule has 2 aromatic rings. The number of hydrogen-bond acceptors (Lipinski definition) is 5. The van der Waals surface area contributed by atoms with Gasteiger partial charge in [0.25, 0.3) is 0 Å². The van der Waals surface area contributed by atoms with E-state index in [0.717, 1.165) is 22.0 Å². The number of rotatable bonds is 2. The molecule has 0 saturated heterocycles. The zero-order chi connectivity index (χ0) is 13.1. The average Bonchev–Trinajstić information content (AvgIpc) is 2.47. The van der Waals surface area contributed by atoms with Crippen molar-refractivity contribution < 1.29 is 4.74 Å². The number of benzene rings is 2. The van der Waals surface area contributed by atoms with Crippen LogP contribution in [0.3, 0.4) is 0 Å². The molecule has 2 aromatic carbocycles. The summed E-state index contributed by atoms with van der Waals surface area (Å²) in [6.07, 6.45) is 0. The van der Waals surface area contributed by atoms with Gasteiger partial charge in [0.1, 0.15) is 11.4 Å². The van der Waals surface area contributed by atoms with Crippen LogP contribution in [-0.4, -0.2) is 13.1 Å². The molecule has 96 valence electrons. The highest BCUT2D eigenvalue weighted by Gasteiger charge is 2.16. The van der Waals surface area contributed by atoms with E-state index in [2.05, 4.69) is 15.0 Å². The molecule has 5 heteroatoms. The van der Waals surface area contributed by atoms with Crippen LogP contribution in [-0.2, 0) is 0 Å². The van der Waals surface area contributed by atoms with Crippen molar-refractivity contribution in [3.05, 3.63) is 48.5 Å². The normalized spacial score (nSPS) is 13.0. The number of ether oxygens (including phenoxy) is 1. The topological polar surface area (TPSA) is 45.6 Å². The van der Waals surface area contributed by atoms with Crippen molar-refractivity contribution in [3.8, 4) is 5.75 Å². The van der Waals surface area contributed by atoms with Crippen LogP contribution in [0, 0.1) is 0 Å². The lowest BCUT2D eigenvalue weighted by Crippen LogP contribution is -2.26. The van der Waals surface area contributed by atoms with Gasteiger partial charge < -0.3 is 10.1 Å². The van der Waals surface area contributed by atoms with Gasteiger partial charge in [-0.2, -0.15) is 0 Å². The SMILES string of the molecule is COc1cccc2c1N=C(Nc1ccccc1)NS2. The Morgan fingerprint density at radius 1 is 1.11 bits per heavy atom. The van der Waals surface area contributed by atoms with E-state index in [4.69, 9.17) is 4.74 Å². The third-order valence-corrected chi connectivity index (χ3v) is 3.54. The second-order valence-corrected chi connectivity index (χ2v) is 4.81. The van der Waals surface area contributed by atoms with Gasteiger partial charge in [0, 0.05) is 5.69 Å². The third kappa shape index (κ3) is 2.51. The Labute approximate surface area is 116 Å². The van der Waals surface area contributed by atoms with Crippen molar-refractivity contribution >= 4 is 29.3 Å². The smallest absolute Gasteiger partial charge is 0.211 e. The predicted molar refractivity (Wildman–Crippen MR) is 79.1 cm³/mol. The van der Waals surface area contributed by atoms with Gasteiger partial charge in [-0.25, -0.2) is 4.99 Å². The van der Waals surface area contributed by atoms with E-state index in [-0.39, 0.29) is 0 Å². The molecule has 19 heavy (non-hydrogen) atoms. The summed E-state index contributed by atoms with van der Waals surface area (Å²) in [7, 11) is 1.65. The molecule has 0 aromatic heterocycles. The number of guanidine groups is 1. The quantitative estimate of drug-likeness (QED) is 0.822. The molecule has 1 aliphatic rings. The molecule has 0 spiro atoms. The van der Waals surface area contributed by atoms with Crippen molar-refractivity contribution in [1.29, 1.82) is 0 Å². The van der Waals surface area contributed by atoms with Gasteiger partial charge in [-0.05, 0) is 36.2 Å². The Balaban J connectivity index is 1.91. The molecule has 0 amide bonds. The van der Waals surface area contributed by atoms with Gasteiger partial charge in [-0.15, -0.1) is 0 Å². The number of para-hydroxylation sites is 2. The number of aliphatic imine (C=N–C) groups is 1. The molecule has 0 saturated carbocycles. The molecule has 0 bridgehead atoms. The standard InChI is InChI=1S/C14H13N3OS/c1-18-11-8-5-9-12-13(11)16-14(17-19-12)15-10-6-3-2-4-7-10/h2-9H,1H3,(H2,15,16,17). The maximum atomic E-state index is 5.34. The minimum atomic E-state index is 0.702. The van der Waals surface area contributed by atoms with Crippen LogP contribution in [0.15, 0.2) is 58.4 Å². The fourth-order valence-electron chi connectivity index (χ4n) is 1.81. The number of hydrogen-bond donors (Lipinski definition) is 2. The molecule has 1 heterocycles. The summed E-state index contributed by atoms with van der Waals surface area (Å²) >= 11 is 1.52. The first-order chi connectivity index (χ1) is 9.36. The maximum Gasteiger partial charge on any atom is 0.211 e. The number of nitrogens with one attached hydrogen (secondary N) is 2. The van der Waals surface area contributed by atoms with Gasteiger partial charge in [0.05, 0.1) is 12.0 Å². The van der Waals surface area contributed by atoms with E-state index in [1.54, 1.807) is 7.11 Å². The zero-order valence-corrected chi connectivity index (χ0v) is 11.2. The van der Waals surface area contributed by atoms with Crippen LogP contribution in [0.5, 0.6) is 5.75 Å². The first kappa shape index (κ1) is 11.9. The Bertz CT molecular complexity index is 613. The Kier molecular flexibility index (Phi) is 3.29. The minimum Gasteiger partial charge on any atom is -0.494 e. The van der Waals surface area contributed by atoms with Gasteiger partial charge in [-0.3, -0.25) is 4.72 Å². The first-order valence-electron chi connectivity index (χ1n) is 5.87. The summed E-state index contributed by atoms with van der Waals surface area (Å²) in [5, 5.41) is 3.24. The Morgan fingerprint density at radius 3 is 2.74 bits per heavy atom. The van der Waals surface area contributed by atoms with Gasteiger partial charge >= 0.3 is 0 Å². The summed E-state index contributed by atoms with van der Waals surface area (Å²) in [6.45, 7) is 0. The summed E-state index contributed by atoms with van der Waals surface area (Å²) in [5.74, 6) is 1.48. The van der Waals surface area contributed by atoms with Crippen LogP contribution in [0.1, 0.15) is 0 Å². The molecular formula is C14H13N3OS. The number of nitrogens with zero attached hydrogens (tertiary/aromatic N) is 1. The molecule has 4 nitrogen and oxygen atoms in total. The highest BCUT2D eigenvalue weighted by atomic mass is 32.2. The molecule has 0 aliphatic carbocycles. The number of fused-ring (bicyclic) bond motifs is 1. The Morgan fingerprint density at radius 2 is 1.95 bits per heavy atom. The second kappa shape index (κ2) is 5.24. The summed E-state index contributed by atoms with van der Waals surface area (Å²) < 4.78 is 8.51. The van der Waals surface area contributed by atoms with Crippen LogP contribution in [0.25, 0.3) is 0 Å². The molecule has 2 N–H and O–H groups in total. The molecular weight excluding hydrogens is 258 g/mol. The van der Waals surface area contributed by atoms with Crippen LogP contribution < -0.4 is 14.8 Å². The molecule has 3 rings (SSSR count). The zero-order valence-electron chi connectivity index (χ0n) is 10.4. The maximum absolute atomic E-state index is 5.34. The highest BCUT2D eigenvalue weighted by molar-refractivity contribution is 7.98. The van der Waals surface area contributed by atoms with E-state index in [0.29, 0.717) is 5.96 Å². The van der Waals surface area contributed by atoms with Gasteiger partial charge in [-0.1, -0.05) is 24.3 Å². The summed E-state index contributed by atoms with van der Waals surface area (Å²) in [5.41, 5.74) is 1.85. The van der Waals surface area contributed by atoms with Crippen LogP contribution >= 0.6 is 11.9 Å². The molecule has 0 radical (unpaired) electrons. The largest absolute Gasteiger partial charge is 0.494 e. The Hall–Kier alpha value is -2.14. The van der Waals surface area contributed by atoms with Gasteiger partial charge in [0.2, 0.25) is 5.96 Å². The predicted octanol–water partition coefficient (Wildman–Crippen LogP) is 3.41. The van der Waals surface area contributed by atoms with Gasteiger partial charge in [0.15, 0.2) is 0 Å². The number of methoxy groups -OCH3 is 1. The van der Waals surface area contributed by atoms with E-state index in [9.17, 15) is 0 Å². The lowest BCUT2D eigenvalue weighted by atomic mass is 10.3. The summed E-state index contributed by atoms with van der Waals surface area (Å²) in [6, 6.07) is 15.8. The number of anilines is 1. The van der Waals surface area contributed by atoms with E-state index < -0.39 is 0 Å². The molecule has 1 aliphatic heterocycles. The van der Waals surface area contributed by atoms with Crippen molar-refractivity contribution in [2.45, 2.75) is 4.90 Å². The second-order valence-electron chi connectivity index (χ2n) is 3.96. The van der Waals surface area contributed by atoms with E-state index in [1.807, 2.05) is 48.5 Å². The van der Waals surface area contributed by atoms with Crippen molar-refractivity contribution in [1.82, 2.24) is 4.72 Å². The lowest BCUT2D eigenvalue weighted by molar-refractivity contribution is 0.415. The minimum absolute atomic E-state index is 0.702. The first-order valence-corrected chi connectivity index (χ1v) is 6.69. The third-order valence-electron chi connectivity index (χ3n) is 2.70. The highest BCUT2D eigenvalue weighted by Crippen LogP contribution is 2.38.